The normalized spacial score (nSPS) is 14.2. The number of aliphatic hydroxyl groups excluding tert-OH is 1. The fourth-order valence-electron chi connectivity index (χ4n) is 1.68. The first-order valence-electron chi connectivity index (χ1n) is 7.66. The van der Waals surface area contributed by atoms with E-state index in [0.717, 1.165) is 12.0 Å². The summed E-state index contributed by atoms with van der Waals surface area (Å²) in [6.45, 7) is 12.4. The van der Waals surface area contributed by atoms with Crippen LogP contribution in [0.5, 0.6) is 0 Å². The average molecular weight is 311 g/mol. The SMILES string of the molecule is CC(C)(C)[Si](C)(C)OCC[C@H](CO)OCc1ccccc1. The Morgan fingerprint density at radius 2 is 1.76 bits per heavy atom. The molecule has 1 atom stereocenters. The molecule has 0 spiro atoms. The van der Waals surface area contributed by atoms with Crippen LogP contribution in [0.2, 0.25) is 18.1 Å². The summed E-state index contributed by atoms with van der Waals surface area (Å²) >= 11 is 0. The van der Waals surface area contributed by atoms with Crippen LogP contribution in [0.3, 0.4) is 0 Å². The predicted octanol–water partition coefficient (Wildman–Crippen LogP) is 3.98. The highest BCUT2D eigenvalue weighted by molar-refractivity contribution is 6.74. The highest BCUT2D eigenvalue weighted by Gasteiger charge is 2.37. The van der Waals surface area contributed by atoms with Crippen molar-refractivity contribution in [3.05, 3.63) is 35.9 Å². The number of aliphatic hydroxyl groups is 1. The minimum Gasteiger partial charge on any atom is -0.417 e. The molecule has 21 heavy (non-hydrogen) atoms. The first kappa shape index (κ1) is 18.4. The highest BCUT2D eigenvalue weighted by Crippen LogP contribution is 2.36. The molecule has 0 aliphatic carbocycles. The third kappa shape index (κ3) is 6.30. The van der Waals surface area contributed by atoms with E-state index in [1.165, 1.54) is 0 Å². The lowest BCUT2D eigenvalue weighted by Crippen LogP contribution is -2.41. The molecule has 0 bridgehead atoms. The quantitative estimate of drug-likeness (QED) is 0.738. The van der Waals surface area contributed by atoms with Crippen LogP contribution in [0.25, 0.3) is 0 Å². The van der Waals surface area contributed by atoms with E-state index in [0.29, 0.717) is 13.2 Å². The summed E-state index contributed by atoms with van der Waals surface area (Å²) in [4.78, 5) is 0. The van der Waals surface area contributed by atoms with Gasteiger partial charge in [-0.3, -0.25) is 0 Å². The zero-order chi connectivity index (χ0) is 15.9. The van der Waals surface area contributed by atoms with Crippen LogP contribution in [0, 0.1) is 0 Å². The van der Waals surface area contributed by atoms with Gasteiger partial charge in [-0.05, 0) is 30.1 Å². The Bertz CT molecular complexity index is 398. The van der Waals surface area contributed by atoms with Crippen molar-refractivity contribution in [2.45, 2.75) is 58.0 Å². The summed E-state index contributed by atoms with van der Waals surface area (Å²) in [6.07, 6.45) is 0.575. The van der Waals surface area contributed by atoms with Gasteiger partial charge in [0.1, 0.15) is 0 Å². The maximum absolute atomic E-state index is 9.42. The number of ether oxygens (including phenoxy) is 1. The highest BCUT2D eigenvalue weighted by atomic mass is 28.4. The Hall–Kier alpha value is -0.683. The molecule has 1 rings (SSSR count). The smallest absolute Gasteiger partial charge is 0.191 e. The van der Waals surface area contributed by atoms with Gasteiger partial charge in [0.2, 0.25) is 0 Å². The van der Waals surface area contributed by atoms with E-state index in [4.69, 9.17) is 9.16 Å². The molecular weight excluding hydrogens is 280 g/mol. The van der Waals surface area contributed by atoms with Crippen molar-refractivity contribution in [3.8, 4) is 0 Å². The predicted molar refractivity (Wildman–Crippen MR) is 89.9 cm³/mol. The lowest BCUT2D eigenvalue weighted by Gasteiger charge is -2.36. The van der Waals surface area contributed by atoms with Crippen molar-refractivity contribution in [1.29, 1.82) is 0 Å². The standard InChI is InChI=1S/C17H30O3Si/c1-17(2,3)21(4,5)20-12-11-16(13-18)19-14-15-9-7-6-8-10-15/h6-10,16,18H,11-14H2,1-5H3/t16-/m1/s1. The third-order valence-electron chi connectivity index (χ3n) is 4.24. The van der Waals surface area contributed by atoms with Crippen LogP contribution < -0.4 is 0 Å². The maximum Gasteiger partial charge on any atom is 0.191 e. The second kappa shape index (κ2) is 8.08. The van der Waals surface area contributed by atoms with E-state index in [9.17, 15) is 5.11 Å². The number of rotatable bonds is 8. The summed E-state index contributed by atoms with van der Waals surface area (Å²) < 4.78 is 11.9. The molecule has 1 aromatic carbocycles. The molecule has 4 heteroatoms. The van der Waals surface area contributed by atoms with Crippen molar-refractivity contribution in [2.24, 2.45) is 0 Å². The summed E-state index contributed by atoms with van der Waals surface area (Å²) in [5.74, 6) is 0. The van der Waals surface area contributed by atoms with Gasteiger partial charge in [-0.2, -0.15) is 0 Å². The first-order valence-corrected chi connectivity index (χ1v) is 10.6. The fraction of sp³-hybridized carbons (Fsp3) is 0.647. The van der Waals surface area contributed by atoms with Gasteiger partial charge >= 0.3 is 0 Å². The van der Waals surface area contributed by atoms with E-state index >= 15 is 0 Å². The molecular formula is C17H30O3Si. The van der Waals surface area contributed by atoms with Crippen molar-refractivity contribution >= 4 is 8.32 Å². The molecule has 0 amide bonds. The van der Waals surface area contributed by atoms with Gasteiger partial charge in [0.25, 0.3) is 0 Å². The van der Waals surface area contributed by atoms with Crippen LogP contribution in [0.4, 0.5) is 0 Å². The maximum atomic E-state index is 9.42. The molecule has 1 aromatic rings. The Morgan fingerprint density at radius 3 is 2.29 bits per heavy atom. The molecule has 0 heterocycles. The van der Waals surface area contributed by atoms with Crippen molar-refractivity contribution in [1.82, 2.24) is 0 Å². The van der Waals surface area contributed by atoms with Gasteiger partial charge in [-0.15, -0.1) is 0 Å². The van der Waals surface area contributed by atoms with Crippen molar-refractivity contribution in [3.63, 3.8) is 0 Å². The molecule has 0 saturated carbocycles. The molecule has 1 N–H and O–H groups in total. The van der Waals surface area contributed by atoms with Gasteiger partial charge in [0.05, 0.1) is 19.3 Å². The first-order chi connectivity index (χ1) is 9.76. The van der Waals surface area contributed by atoms with E-state index in [1.54, 1.807) is 0 Å². The largest absolute Gasteiger partial charge is 0.417 e. The van der Waals surface area contributed by atoms with Crippen LogP contribution in [-0.4, -0.2) is 32.7 Å². The summed E-state index contributed by atoms with van der Waals surface area (Å²) in [5.41, 5.74) is 1.13. The summed E-state index contributed by atoms with van der Waals surface area (Å²) in [6, 6.07) is 10.0. The second-order valence-corrected chi connectivity index (χ2v) is 11.8. The Balaban J connectivity index is 2.35. The minimum atomic E-state index is -1.71. The second-order valence-electron chi connectivity index (χ2n) is 7.00. The Labute approximate surface area is 130 Å². The lowest BCUT2D eigenvalue weighted by atomic mass is 10.2. The average Bonchev–Trinajstić information content (AvgIpc) is 2.42. The molecule has 0 aliphatic rings. The van der Waals surface area contributed by atoms with Crippen LogP contribution in [-0.2, 0) is 15.8 Å². The number of hydrogen-bond acceptors (Lipinski definition) is 3. The molecule has 0 radical (unpaired) electrons. The van der Waals surface area contributed by atoms with Gasteiger partial charge in [0, 0.05) is 6.61 Å². The Kier molecular flexibility index (Phi) is 7.07. The molecule has 0 fully saturated rings. The lowest BCUT2D eigenvalue weighted by molar-refractivity contribution is -0.00952. The minimum absolute atomic E-state index is 0.0354. The summed E-state index contributed by atoms with van der Waals surface area (Å²) in [7, 11) is -1.71. The van der Waals surface area contributed by atoms with Crippen LogP contribution >= 0.6 is 0 Å². The zero-order valence-corrected chi connectivity index (χ0v) is 15.1. The number of benzene rings is 1. The van der Waals surface area contributed by atoms with Gasteiger partial charge in [-0.1, -0.05) is 51.1 Å². The monoisotopic (exact) mass is 310 g/mol. The topological polar surface area (TPSA) is 38.7 Å². The van der Waals surface area contributed by atoms with Crippen LogP contribution in [0.15, 0.2) is 30.3 Å². The van der Waals surface area contributed by atoms with E-state index in [-0.39, 0.29) is 17.7 Å². The van der Waals surface area contributed by atoms with Crippen LogP contribution in [0.1, 0.15) is 32.8 Å². The van der Waals surface area contributed by atoms with Crippen molar-refractivity contribution in [2.75, 3.05) is 13.2 Å². The molecule has 0 aromatic heterocycles. The fourth-order valence-corrected chi connectivity index (χ4v) is 2.74. The third-order valence-corrected chi connectivity index (χ3v) is 8.78. The van der Waals surface area contributed by atoms with Gasteiger partial charge in [0.15, 0.2) is 8.32 Å². The molecule has 0 unspecified atom stereocenters. The molecule has 120 valence electrons. The zero-order valence-electron chi connectivity index (χ0n) is 14.1. The molecule has 0 saturated heterocycles. The molecule has 0 aliphatic heterocycles. The van der Waals surface area contributed by atoms with Gasteiger partial charge < -0.3 is 14.3 Å². The van der Waals surface area contributed by atoms with Gasteiger partial charge in [-0.25, -0.2) is 0 Å². The number of hydrogen-bond donors (Lipinski definition) is 1. The summed E-state index contributed by atoms with van der Waals surface area (Å²) in [5, 5.41) is 9.64. The Morgan fingerprint density at radius 1 is 1.14 bits per heavy atom. The molecule has 3 nitrogen and oxygen atoms in total. The van der Waals surface area contributed by atoms with Crippen molar-refractivity contribution < 1.29 is 14.3 Å². The van der Waals surface area contributed by atoms with E-state index in [2.05, 4.69) is 33.9 Å². The van der Waals surface area contributed by atoms with E-state index < -0.39 is 8.32 Å². The van der Waals surface area contributed by atoms with E-state index in [1.807, 2.05) is 30.3 Å².